The molecule has 0 aromatic heterocycles. The number of benzene rings is 3. The van der Waals surface area contributed by atoms with Gasteiger partial charge in [-0.2, -0.15) is 0 Å². The molecule has 0 unspecified atom stereocenters. The number of rotatable bonds is 3. The molecule has 26 heavy (non-hydrogen) atoms. The third-order valence-electron chi connectivity index (χ3n) is 3.26. The van der Waals surface area contributed by atoms with Crippen LogP contribution in [0, 0.1) is 0 Å². The molecule has 5 nitrogen and oxygen atoms in total. The van der Waals surface area contributed by atoms with Gasteiger partial charge in [0.25, 0.3) is 5.97 Å². The summed E-state index contributed by atoms with van der Waals surface area (Å²) in [6.07, 6.45) is 0. The summed E-state index contributed by atoms with van der Waals surface area (Å²) in [6, 6.07) is 29.7. The Morgan fingerprint density at radius 3 is 1.54 bits per heavy atom. The van der Waals surface area contributed by atoms with Crippen molar-refractivity contribution < 1.29 is 9.90 Å². The van der Waals surface area contributed by atoms with Crippen molar-refractivity contribution in [2.24, 2.45) is 10.7 Å². The maximum atomic E-state index is 9.00. The number of carboxylic acids is 1. The van der Waals surface area contributed by atoms with Crippen LogP contribution in [0.1, 0.15) is 6.92 Å². The van der Waals surface area contributed by atoms with Crippen LogP contribution in [0.2, 0.25) is 0 Å². The van der Waals surface area contributed by atoms with Gasteiger partial charge in [-0.1, -0.05) is 54.6 Å². The van der Waals surface area contributed by atoms with Gasteiger partial charge in [0, 0.05) is 18.3 Å². The zero-order chi connectivity index (χ0) is 18.8. The molecule has 3 rings (SSSR count). The Morgan fingerprint density at radius 2 is 1.15 bits per heavy atom. The van der Waals surface area contributed by atoms with Crippen LogP contribution in [0.5, 0.6) is 0 Å². The van der Waals surface area contributed by atoms with Crippen LogP contribution in [0.15, 0.2) is 96.0 Å². The first-order valence-electron chi connectivity index (χ1n) is 8.07. The molecule has 0 amide bonds. The van der Waals surface area contributed by atoms with Crippen LogP contribution in [-0.4, -0.2) is 17.0 Å². The Hall–Kier alpha value is -3.60. The van der Waals surface area contributed by atoms with Gasteiger partial charge < -0.3 is 10.8 Å². The molecule has 0 saturated carbocycles. The van der Waals surface area contributed by atoms with E-state index in [9.17, 15) is 0 Å². The van der Waals surface area contributed by atoms with Crippen molar-refractivity contribution in [1.29, 1.82) is 0 Å². The summed E-state index contributed by atoms with van der Waals surface area (Å²) in [5.41, 5.74) is 9.08. The molecule has 0 radical (unpaired) electrons. The maximum absolute atomic E-state index is 9.00. The molecule has 0 aliphatic rings. The first kappa shape index (κ1) is 18.7. The van der Waals surface area contributed by atoms with Crippen LogP contribution in [0.25, 0.3) is 0 Å². The fourth-order valence-corrected chi connectivity index (χ4v) is 2.25. The molecule has 5 heteroatoms. The second-order valence-electron chi connectivity index (χ2n) is 5.33. The van der Waals surface area contributed by atoms with Crippen molar-refractivity contribution in [2.75, 3.05) is 4.90 Å². The summed E-state index contributed by atoms with van der Waals surface area (Å²) in [4.78, 5) is 15.5. The highest BCUT2D eigenvalue weighted by Crippen LogP contribution is 2.25. The van der Waals surface area contributed by atoms with Gasteiger partial charge in [0.05, 0.1) is 5.69 Å². The van der Waals surface area contributed by atoms with Crippen LogP contribution in [0.3, 0.4) is 0 Å². The Bertz CT molecular complexity index is 791. The normalized spacial score (nSPS) is 10.4. The van der Waals surface area contributed by atoms with Crippen LogP contribution in [0.4, 0.5) is 17.1 Å². The van der Waals surface area contributed by atoms with Gasteiger partial charge in [0.2, 0.25) is 5.96 Å². The predicted molar refractivity (Wildman–Crippen MR) is 106 cm³/mol. The Kier molecular flexibility index (Phi) is 6.94. The van der Waals surface area contributed by atoms with Gasteiger partial charge in [-0.25, -0.2) is 4.99 Å². The molecule has 0 aliphatic carbocycles. The minimum Gasteiger partial charge on any atom is -0.481 e. The molecular formula is C21H21N3O2. The number of para-hydroxylation sites is 3. The molecule has 3 N–H and O–H groups in total. The maximum Gasteiger partial charge on any atom is 0.300 e. The highest BCUT2D eigenvalue weighted by molar-refractivity contribution is 6.02. The minimum absolute atomic E-state index is 0.434. The van der Waals surface area contributed by atoms with E-state index in [2.05, 4.69) is 4.99 Å². The predicted octanol–water partition coefficient (Wildman–Crippen LogP) is 4.56. The van der Waals surface area contributed by atoms with Crippen LogP contribution in [-0.2, 0) is 4.79 Å². The van der Waals surface area contributed by atoms with Crippen molar-refractivity contribution in [3.05, 3.63) is 91.0 Å². The zero-order valence-electron chi connectivity index (χ0n) is 14.5. The number of hydrogen-bond acceptors (Lipinski definition) is 2. The summed E-state index contributed by atoms with van der Waals surface area (Å²) in [7, 11) is 0. The number of carbonyl (C=O) groups is 1. The molecular weight excluding hydrogens is 326 g/mol. The van der Waals surface area contributed by atoms with Gasteiger partial charge in [-0.05, 0) is 36.4 Å². The van der Waals surface area contributed by atoms with Crippen molar-refractivity contribution in [3.63, 3.8) is 0 Å². The van der Waals surface area contributed by atoms with E-state index in [1.165, 1.54) is 0 Å². The van der Waals surface area contributed by atoms with Crippen molar-refractivity contribution in [1.82, 2.24) is 0 Å². The summed E-state index contributed by atoms with van der Waals surface area (Å²) >= 11 is 0. The first-order valence-corrected chi connectivity index (χ1v) is 8.07. The number of nitrogens with zero attached hydrogens (tertiary/aromatic N) is 2. The number of hydrogen-bond donors (Lipinski definition) is 2. The van der Waals surface area contributed by atoms with E-state index in [1.807, 2.05) is 95.9 Å². The highest BCUT2D eigenvalue weighted by atomic mass is 16.4. The fourth-order valence-electron chi connectivity index (χ4n) is 2.25. The van der Waals surface area contributed by atoms with E-state index in [4.69, 9.17) is 15.6 Å². The smallest absolute Gasteiger partial charge is 0.300 e. The SMILES string of the molecule is CC(=O)O.NC(=Nc1ccccc1)N(c1ccccc1)c1ccccc1. The first-order chi connectivity index (χ1) is 12.6. The van der Waals surface area contributed by atoms with Crippen LogP contribution >= 0.6 is 0 Å². The summed E-state index contributed by atoms with van der Waals surface area (Å²) < 4.78 is 0. The van der Waals surface area contributed by atoms with Crippen LogP contribution < -0.4 is 10.6 Å². The van der Waals surface area contributed by atoms with Gasteiger partial charge in [-0.15, -0.1) is 0 Å². The Labute approximate surface area is 153 Å². The quantitative estimate of drug-likeness (QED) is 0.538. The third-order valence-corrected chi connectivity index (χ3v) is 3.26. The fraction of sp³-hybridized carbons (Fsp3) is 0.0476. The lowest BCUT2D eigenvalue weighted by molar-refractivity contribution is -0.134. The van der Waals surface area contributed by atoms with Crippen molar-refractivity contribution in [2.45, 2.75) is 6.92 Å². The Balaban J connectivity index is 0.000000552. The van der Waals surface area contributed by atoms with E-state index in [0.717, 1.165) is 24.0 Å². The second-order valence-corrected chi connectivity index (χ2v) is 5.33. The van der Waals surface area contributed by atoms with E-state index in [1.54, 1.807) is 0 Å². The molecule has 3 aromatic carbocycles. The molecule has 0 spiro atoms. The van der Waals surface area contributed by atoms with Crippen molar-refractivity contribution >= 4 is 29.0 Å². The van der Waals surface area contributed by atoms with E-state index in [0.29, 0.717) is 5.96 Å². The molecule has 0 heterocycles. The molecule has 132 valence electrons. The van der Waals surface area contributed by atoms with E-state index < -0.39 is 5.97 Å². The van der Waals surface area contributed by atoms with Crippen molar-refractivity contribution in [3.8, 4) is 0 Å². The number of aliphatic imine (C=N–C) groups is 1. The van der Waals surface area contributed by atoms with Gasteiger partial charge >= 0.3 is 0 Å². The molecule has 0 fully saturated rings. The average molecular weight is 347 g/mol. The lowest BCUT2D eigenvalue weighted by atomic mass is 10.2. The molecule has 0 bridgehead atoms. The number of anilines is 2. The Morgan fingerprint density at radius 1 is 0.808 bits per heavy atom. The number of carboxylic acid groups (broad SMARTS) is 1. The lowest BCUT2D eigenvalue weighted by Gasteiger charge is -2.23. The van der Waals surface area contributed by atoms with E-state index >= 15 is 0 Å². The number of aliphatic carboxylic acids is 1. The minimum atomic E-state index is -0.833. The molecule has 0 aliphatic heterocycles. The van der Waals surface area contributed by atoms with Gasteiger partial charge in [0.15, 0.2) is 0 Å². The largest absolute Gasteiger partial charge is 0.481 e. The monoisotopic (exact) mass is 347 g/mol. The highest BCUT2D eigenvalue weighted by Gasteiger charge is 2.12. The molecule has 0 atom stereocenters. The van der Waals surface area contributed by atoms with Gasteiger partial charge in [-0.3, -0.25) is 9.69 Å². The number of nitrogens with two attached hydrogens (primary N) is 1. The summed E-state index contributed by atoms with van der Waals surface area (Å²) in [5, 5.41) is 7.42. The lowest BCUT2D eigenvalue weighted by Crippen LogP contribution is -2.33. The van der Waals surface area contributed by atoms with E-state index in [-0.39, 0.29) is 0 Å². The van der Waals surface area contributed by atoms with Gasteiger partial charge in [0.1, 0.15) is 0 Å². The number of guanidine groups is 1. The average Bonchev–Trinajstić information content (AvgIpc) is 2.64. The summed E-state index contributed by atoms with van der Waals surface area (Å²) in [5.74, 6) is -0.399. The topological polar surface area (TPSA) is 78.9 Å². The standard InChI is InChI=1S/C19H17N3.C2H4O2/c20-19(21-16-10-4-1-5-11-16)22(17-12-6-2-7-13-17)18-14-8-3-9-15-18;1-2(3)4/h1-15H,(H2,20,21);1H3,(H,3,4). The zero-order valence-corrected chi connectivity index (χ0v) is 14.5. The third kappa shape index (κ3) is 5.79. The molecule has 0 saturated heterocycles. The second kappa shape index (κ2) is 9.64. The molecule has 3 aromatic rings. The summed E-state index contributed by atoms with van der Waals surface area (Å²) in [6.45, 7) is 1.08.